The lowest BCUT2D eigenvalue weighted by atomic mass is 10.4. The van der Waals surface area contributed by atoms with Gasteiger partial charge in [-0.15, -0.1) is 0 Å². The lowest BCUT2D eigenvalue weighted by Gasteiger charge is -1.89. The van der Waals surface area contributed by atoms with Crippen molar-refractivity contribution in [1.29, 1.82) is 0 Å². The van der Waals surface area contributed by atoms with Gasteiger partial charge in [0.05, 0.1) is 5.69 Å². The summed E-state index contributed by atoms with van der Waals surface area (Å²) >= 11 is 0. The third kappa shape index (κ3) is 1.04. The van der Waals surface area contributed by atoms with Crippen LogP contribution in [0.2, 0.25) is 0 Å². The van der Waals surface area contributed by atoms with Crippen molar-refractivity contribution in [3.63, 3.8) is 0 Å². The summed E-state index contributed by atoms with van der Waals surface area (Å²) < 4.78 is 14.1. The molecule has 0 unspecified atom stereocenters. The van der Waals surface area contributed by atoms with Gasteiger partial charge in [0.25, 0.3) is 0 Å². The lowest BCUT2D eigenvalue weighted by molar-refractivity contribution is 0.991. The highest BCUT2D eigenvalue weighted by Crippen LogP contribution is 1.88. The van der Waals surface area contributed by atoms with Gasteiger partial charge in [-0.25, -0.2) is 0 Å². The Morgan fingerprint density at radius 3 is 3.00 bits per heavy atom. The van der Waals surface area contributed by atoms with Crippen LogP contribution in [0.3, 0.4) is 0 Å². The summed E-state index contributed by atoms with van der Waals surface area (Å²) in [6.07, 6.45) is 1.51. The Morgan fingerprint density at radius 2 is 2.62 bits per heavy atom. The van der Waals surface area contributed by atoms with Gasteiger partial charge in [-0.05, 0) is 12.1 Å². The topological polar surface area (TPSA) is 38.9 Å². The van der Waals surface area contributed by atoms with Gasteiger partial charge in [0.2, 0.25) is 0 Å². The maximum absolute atomic E-state index is 7.05. The fourth-order valence-electron chi connectivity index (χ4n) is 0.448. The second kappa shape index (κ2) is 2.43. The molecule has 0 saturated carbocycles. The summed E-state index contributed by atoms with van der Waals surface area (Å²) in [5.41, 5.74) is 5.39. The van der Waals surface area contributed by atoms with E-state index in [9.17, 15) is 0 Å². The minimum Gasteiger partial charge on any atom is -0.325 e. The van der Waals surface area contributed by atoms with E-state index in [2.05, 4.69) is 4.98 Å². The molecule has 8 heavy (non-hydrogen) atoms. The van der Waals surface area contributed by atoms with Crippen LogP contribution >= 0.6 is 0 Å². The average Bonchev–Trinajstić information content (AvgIpc) is 1.88. The van der Waals surface area contributed by atoms with Crippen molar-refractivity contribution in [2.75, 3.05) is 0 Å². The molecule has 0 radical (unpaired) electrons. The van der Waals surface area contributed by atoms with Gasteiger partial charge in [0, 0.05) is 15.4 Å². The maximum Gasteiger partial charge on any atom is 0.0539 e. The van der Waals surface area contributed by atoms with Crippen molar-refractivity contribution >= 4 is 0 Å². The van der Waals surface area contributed by atoms with Gasteiger partial charge >= 0.3 is 0 Å². The molecule has 0 atom stereocenters. The molecule has 0 aliphatic rings. The van der Waals surface area contributed by atoms with Crippen LogP contribution < -0.4 is 5.73 Å². The molecule has 0 aliphatic heterocycles. The Bertz CT molecular complexity index is 205. The molecule has 0 fully saturated rings. The van der Waals surface area contributed by atoms with E-state index in [1.165, 1.54) is 6.20 Å². The van der Waals surface area contributed by atoms with Crippen molar-refractivity contribution < 1.29 is 2.74 Å². The maximum atomic E-state index is 7.05. The highest BCUT2D eigenvalue weighted by molar-refractivity contribution is 5.02. The summed E-state index contributed by atoms with van der Waals surface area (Å²) in [5.74, 6) is 0. The molecule has 0 aromatic carbocycles. The first kappa shape index (κ1) is 3.20. The number of hydrogen-bond acceptors (Lipinski definition) is 2. The Morgan fingerprint density at radius 1 is 1.75 bits per heavy atom. The van der Waals surface area contributed by atoms with E-state index < -0.39 is 6.50 Å². The fourth-order valence-corrected chi connectivity index (χ4v) is 0.448. The number of nitrogens with two attached hydrogens (primary N) is 1. The fraction of sp³-hybridized carbons (Fsp3) is 0.167. The van der Waals surface area contributed by atoms with E-state index in [-0.39, 0.29) is 5.69 Å². The number of nitrogens with zero attached hydrogens (tertiary/aromatic N) is 1. The Labute approximate surface area is 51.2 Å². The minimum absolute atomic E-state index is 0.259. The van der Waals surface area contributed by atoms with Crippen molar-refractivity contribution in [2.45, 2.75) is 6.50 Å². The number of aromatic nitrogens is 1. The lowest BCUT2D eigenvalue weighted by Crippen LogP contribution is -1.97. The zero-order chi connectivity index (χ0) is 7.61. The van der Waals surface area contributed by atoms with Crippen LogP contribution in [0, 0.1) is 0 Å². The summed E-state index contributed by atoms with van der Waals surface area (Å²) in [5, 5.41) is 0. The first-order valence-corrected chi connectivity index (χ1v) is 2.31. The number of rotatable bonds is 1. The highest BCUT2D eigenvalue weighted by Gasteiger charge is 1.81. The summed E-state index contributed by atoms with van der Waals surface area (Å²) in [7, 11) is 0. The standard InChI is InChI=1S/C6H8N2/c7-5-6-3-1-2-4-8-6/h1-4H,5,7H2/i5D2. The summed E-state index contributed by atoms with van der Waals surface area (Å²) in [6.45, 7) is -1.82. The first-order chi connectivity index (χ1) is 4.61. The van der Waals surface area contributed by atoms with Crippen LogP contribution in [0.5, 0.6) is 0 Å². The molecule has 1 heterocycles. The molecule has 0 aliphatic carbocycles. The first-order valence-electron chi connectivity index (χ1n) is 3.31. The zero-order valence-electron chi connectivity index (χ0n) is 6.33. The minimum atomic E-state index is -1.82. The van der Waals surface area contributed by atoms with Crippen molar-refractivity contribution in [3.8, 4) is 0 Å². The van der Waals surface area contributed by atoms with Crippen LogP contribution in [0.15, 0.2) is 24.4 Å². The molecule has 1 aromatic rings. The van der Waals surface area contributed by atoms with Crippen molar-refractivity contribution in [3.05, 3.63) is 30.1 Å². The smallest absolute Gasteiger partial charge is 0.0539 e. The predicted octanol–water partition coefficient (Wildman–Crippen LogP) is 0.540. The molecule has 0 saturated heterocycles. The van der Waals surface area contributed by atoms with E-state index in [4.69, 9.17) is 8.48 Å². The third-order valence-electron chi connectivity index (χ3n) is 0.813. The van der Waals surface area contributed by atoms with E-state index in [1.807, 2.05) is 0 Å². The number of hydrogen-bond donors (Lipinski definition) is 1. The second-order valence-electron chi connectivity index (χ2n) is 1.36. The largest absolute Gasteiger partial charge is 0.325 e. The monoisotopic (exact) mass is 110 g/mol. The second-order valence-corrected chi connectivity index (χ2v) is 1.36. The van der Waals surface area contributed by atoms with E-state index >= 15 is 0 Å². The van der Waals surface area contributed by atoms with Crippen LogP contribution in [0.1, 0.15) is 8.44 Å². The predicted molar refractivity (Wildman–Crippen MR) is 32.1 cm³/mol. The normalized spacial score (nSPS) is 14.6. The van der Waals surface area contributed by atoms with Crippen LogP contribution in [0.25, 0.3) is 0 Å². The van der Waals surface area contributed by atoms with Gasteiger partial charge in [-0.3, -0.25) is 4.98 Å². The van der Waals surface area contributed by atoms with E-state index in [0.717, 1.165) is 0 Å². The molecule has 1 aromatic heterocycles. The quantitative estimate of drug-likeness (QED) is 0.573. The molecule has 42 valence electrons. The van der Waals surface area contributed by atoms with Gasteiger partial charge < -0.3 is 5.73 Å². The molecule has 2 heteroatoms. The van der Waals surface area contributed by atoms with Crippen LogP contribution in [0.4, 0.5) is 0 Å². The van der Waals surface area contributed by atoms with Crippen molar-refractivity contribution in [1.82, 2.24) is 4.98 Å². The molecule has 1 rings (SSSR count). The third-order valence-corrected chi connectivity index (χ3v) is 0.813. The molecule has 0 bridgehead atoms. The SMILES string of the molecule is [2H]C([2H])(N)c1ccccn1. The number of pyridine rings is 1. The molecule has 0 amide bonds. The van der Waals surface area contributed by atoms with Gasteiger partial charge in [-0.2, -0.15) is 0 Å². The Kier molecular flexibility index (Phi) is 0.970. The van der Waals surface area contributed by atoms with Gasteiger partial charge in [0.1, 0.15) is 0 Å². The average molecular weight is 110 g/mol. The van der Waals surface area contributed by atoms with Crippen LogP contribution in [-0.2, 0) is 6.50 Å². The zero-order valence-corrected chi connectivity index (χ0v) is 4.33. The molecule has 0 spiro atoms. The van der Waals surface area contributed by atoms with Gasteiger partial charge in [-0.1, -0.05) is 6.07 Å². The molecule has 2 N–H and O–H groups in total. The van der Waals surface area contributed by atoms with Crippen LogP contribution in [-0.4, -0.2) is 4.98 Å². The molecule has 2 nitrogen and oxygen atoms in total. The Balaban J connectivity index is 2.97. The summed E-state index contributed by atoms with van der Waals surface area (Å²) in [6, 6.07) is 4.97. The molecular formula is C6H8N2. The molecular weight excluding hydrogens is 100 g/mol. The van der Waals surface area contributed by atoms with Gasteiger partial charge in [0.15, 0.2) is 0 Å². The van der Waals surface area contributed by atoms with E-state index in [1.54, 1.807) is 18.2 Å². The highest BCUT2D eigenvalue weighted by atomic mass is 14.7. The summed E-state index contributed by atoms with van der Waals surface area (Å²) in [4.78, 5) is 3.75. The van der Waals surface area contributed by atoms with Crippen molar-refractivity contribution in [2.24, 2.45) is 5.73 Å². The Hall–Kier alpha value is -0.890. The van der Waals surface area contributed by atoms with E-state index in [0.29, 0.717) is 0 Å².